The number of primary amides is 1. The van der Waals surface area contributed by atoms with E-state index in [2.05, 4.69) is 4.74 Å². The quantitative estimate of drug-likeness (QED) is 0.166. The highest BCUT2D eigenvalue weighted by Crippen LogP contribution is 2.53. The Labute approximate surface area is 210 Å². The number of aromatic hydroxyl groups is 1. The number of phenols is 1. The Morgan fingerprint density at radius 1 is 1.16 bits per heavy atom. The molecule has 5 atom stereocenters. The summed E-state index contributed by atoms with van der Waals surface area (Å²) in [7, 11) is 4.01. The highest BCUT2D eigenvalue weighted by molar-refractivity contribution is 6.24. The lowest BCUT2D eigenvalue weighted by Gasteiger charge is -2.52. The number of carbonyl (C=O) groups excluding carboxylic acids is 4. The van der Waals surface area contributed by atoms with Crippen LogP contribution in [0.25, 0.3) is 11.8 Å². The summed E-state index contributed by atoms with van der Waals surface area (Å²) in [6.07, 6.45) is 1.91. The molecule has 37 heavy (non-hydrogen) atoms. The van der Waals surface area contributed by atoms with Crippen LogP contribution in [0, 0.1) is 18.3 Å². The molecule has 1 aromatic carbocycles. The van der Waals surface area contributed by atoms with Crippen LogP contribution in [-0.4, -0.2) is 92.8 Å². The van der Waals surface area contributed by atoms with Crippen LogP contribution in [0.5, 0.6) is 5.75 Å². The van der Waals surface area contributed by atoms with Gasteiger partial charge in [0.15, 0.2) is 11.4 Å². The predicted molar refractivity (Wildman–Crippen MR) is 126 cm³/mol. The van der Waals surface area contributed by atoms with Crippen LogP contribution >= 0.6 is 0 Å². The Kier molecular flexibility index (Phi) is 6.23. The minimum atomic E-state index is -2.99. The summed E-state index contributed by atoms with van der Waals surface area (Å²) in [5.41, 5.74) is 0.812. The fourth-order valence-corrected chi connectivity index (χ4v) is 5.39. The van der Waals surface area contributed by atoms with E-state index in [1.54, 1.807) is 0 Å². The van der Waals surface area contributed by atoms with E-state index in [9.17, 15) is 44.7 Å². The zero-order chi connectivity index (χ0) is 27.6. The third-order valence-electron chi connectivity index (χ3n) is 7.09. The topological polar surface area (TPSA) is 208 Å². The van der Waals surface area contributed by atoms with Gasteiger partial charge >= 0.3 is 5.97 Å². The smallest absolute Gasteiger partial charge is 0.330 e. The van der Waals surface area contributed by atoms with Crippen molar-refractivity contribution in [3.63, 3.8) is 0 Å². The lowest BCUT2D eigenvalue weighted by Crippen LogP contribution is -2.70. The minimum Gasteiger partial charge on any atom is -0.508 e. The van der Waals surface area contributed by atoms with Gasteiger partial charge in [0.1, 0.15) is 22.8 Å². The van der Waals surface area contributed by atoms with Gasteiger partial charge < -0.3 is 36.0 Å². The number of rotatable bonds is 4. The van der Waals surface area contributed by atoms with Crippen LogP contribution < -0.4 is 5.73 Å². The summed E-state index contributed by atoms with van der Waals surface area (Å²) < 4.78 is 4.51. The number of nitrogens with zero attached hydrogens (tertiary/aromatic N) is 1. The molecule has 0 aromatic heterocycles. The van der Waals surface area contributed by atoms with E-state index in [-0.39, 0.29) is 16.7 Å². The number of aliphatic hydroxyl groups is 4. The first-order valence-corrected chi connectivity index (χ1v) is 11.1. The molecule has 0 aliphatic heterocycles. The number of hydrogen-bond donors (Lipinski definition) is 6. The number of esters is 1. The number of nitrogens with two attached hydrogens (primary N) is 1. The summed E-state index contributed by atoms with van der Waals surface area (Å²) in [6, 6.07) is 1.46. The number of ether oxygens (including phenoxy) is 1. The molecule has 1 radical (unpaired) electrons. The molecule has 3 aliphatic carbocycles. The van der Waals surface area contributed by atoms with Crippen LogP contribution in [0.4, 0.5) is 0 Å². The first kappa shape index (κ1) is 26.1. The van der Waals surface area contributed by atoms with Gasteiger partial charge in [0, 0.05) is 29.6 Å². The maximum atomic E-state index is 13.8. The van der Waals surface area contributed by atoms with Crippen molar-refractivity contribution in [3.8, 4) is 5.75 Å². The normalized spacial score (nSPS) is 29.4. The number of fused-ring (bicyclic) bond motifs is 3. The molecule has 4 rings (SSSR count). The third-order valence-corrected chi connectivity index (χ3v) is 7.09. The molecule has 0 heterocycles. The van der Waals surface area contributed by atoms with Crippen molar-refractivity contribution >= 4 is 35.3 Å². The second-order valence-electron chi connectivity index (χ2n) is 9.25. The highest BCUT2D eigenvalue weighted by Gasteiger charge is 2.67. The number of ketones is 2. The molecule has 0 bridgehead atoms. The number of amides is 1. The van der Waals surface area contributed by atoms with Crippen molar-refractivity contribution in [2.75, 3.05) is 21.2 Å². The number of benzene rings is 1. The number of carbonyl (C=O) groups is 4. The molecule has 7 N–H and O–H groups in total. The number of phenolic OH excluding ortho intramolecular Hbond substituents is 1. The number of Topliss-reactive ketones (excluding diaryl/α,β-unsaturated/α-hetero) is 2. The fourth-order valence-electron chi connectivity index (χ4n) is 5.39. The van der Waals surface area contributed by atoms with E-state index in [4.69, 9.17) is 5.73 Å². The van der Waals surface area contributed by atoms with E-state index in [1.807, 2.05) is 0 Å². The summed E-state index contributed by atoms with van der Waals surface area (Å²) >= 11 is 0. The van der Waals surface area contributed by atoms with Crippen LogP contribution in [0.3, 0.4) is 0 Å². The summed E-state index contributed by atoms with van der Waals surface area (Å²) in [4.78, 5) is 51.6. The first-order valence-electron chi connectivity index (χ1n) is 11.1. The van der Waals surface area contributed by atoms with E-state index in [1.165, 1.54) is 43.6 Å². The Balaban J connectivity index is 1.96. The Morgan fingerprint density at radius 2 is 1.81 bits per heavy atom. The fraction of sp³-hybridized carbons (Fsp3) is 0.320. The van der Waals surface area contributed by atoms with E-state index in [0.717, 1.165) is 13.2 Å². The summed E-state index contributed by atoms with van der Waals surface area (Å²) in [6.45, 7) is 0. The van der Waals surface area contributed by atoms with Crippen molar-refractivity contribution in [3.05, 3.63) is 58.2 Å². The maximum Gasteiger partial charge on any atom is 0.330 e. The van der Waals surface area contributed by atoms with E-state index < -0.39 is 81.4 Å². The van der Waals surface area contributed by atoms with Gasteiger partial charge in [-0.3, -0.25) is 19.3 Å². The van der Waals surface area contributed by atoms with Crippen molar-refractivity contribution in [1.82, 2.24) is 4.90 Å². The Hall–Kier alpha value is -4.00. The molecule has 1 aromatic rings. The van der Waals surface area contributed by atoms with E-state index >= 15 is 0 Å². The molecular weight excluding hydrogens is 488 g/mol. The third kappa shape index (κ3) is 3.56. The van der Waals surface area contributed by atoms with Crippen LogP contribution in [-0.2, 0) is 23.9 Å². The van der Waals surface area contributed by atoms with Gasteiger partial charge in [0.05, 0.1) is 30.7 Å². The molecule has 0 spiro atoms. The molecule has 195 valence electrons. The molecule has 0 saturated heterocycles. The Bertz CT molecular complexity index is 1340. The van der Waals surface area contributed by atoms with Gasteiger partial charge in [-0.05, 0) is 25.7 Å². The average Bonchev–Trinajstić information content (AvgIpc) is 2.83. The molecule has 12 nitrogen and oxygen atoms in total. The number of aliphatic hydroxyl groups excluding tert-OH is 3. The number of likely N-dealkylation sites (N-methyl/N-ethyl adjacent to an activating group) is 1. The van der Waals surface area contributed by atoms with Gasteiger partial charge in [-0.2, -0.15) is 0 Å². The van der Waals surface area contributed by atoms with Crippen molar-refractivity contribution in [1.29, 1.82) is 0 Å². The molecule has 12 heteroatoms. The number of hydrogen-bond acceptors (Lipinski definition) is 11. The second kappa shape index (κ2) is 8.83. The molecular formula is C25H25N2O10. The molecule has 3 aliphatic rings. The standard InChI is InChI=1S/C25H25N2O10/c1-27(2)17-16-19(30)11-8-10-5-4-9(6-7-12(28)37-3)18(29)13(10)20(31)14(11)22(33)25(16,36)23(34)15(21(17)32)24(26)35/h4-8,11,16-17,19,29-31,34,36H,1-3H3,(H2,26,35)/b7-6+/t11-,16-,17+,19+,25+/m0/s1. The molecule has 1 amide bonds. The SMILES string of the molecule is COC(=O)/C=C/c1ccc2c(c1O)C(O)=C1C(=O)[C@@]3(O)C(O)=C(C(N)=O)C(=O)[C@H](N(C)C)[C@H]3[C@H](O)[C@H]1[CH]2. The summed E-state index contributed by atoms with van der Waals surface area (Å²) in [5.74, 6) is -9.88. The molecule has 1 saturated carbocycles. The highest BCUT2D eigenvalue weighted by atomic mass is 16.5. The van der Waals surface area contributed by atoms with Crippen molar-refractivity contribution < 1.29 is 49.4 Å². The second-order valence-corrected chi connectivity index (χ2v) is 9.25. The van der Waals surface area contributed by atoms with Gasteiger partial charge in [0.25, 0.3) is 5.91 Å². The van der Waals surface area contributed by atoms with Gasteiger partial charge in [-0.25, -0.2) is 4.79 Å². The lowest BCUT2D eigenvalue weighted by molar-refractivity contribution is -0.167. The zero-order valence-electron chi connectivity index (χ0n) is 20.0. The monoisotopic (exact) mass is 513 g/mol. The lowest BCUT2D eigenvalue weighted by atomic mass is 9.56. The van der Waals surface area contributed by atoms with E-state index in [0.29, 0.717) is 0 Å². The van der Waals surface area contributed by atoms with Crippen LogP contribution in [0.2, 0.25) is 0 Å². The first-order chi connectivity index (χ1) is 17.3. The average molecular weight is 513 g/mol. The van der Waals surface area contributed by atoms with Gasteiger partial charge in [0.2, 0.25) is 5.78 Å². The molecule has 0 unspecified atom stereocenters. The van der Waals surface area contributed by atoms with Crippen molar-refractivity contribution in [2.24, 2.45) is 17.6 Å². The van der Waals surface area contributed by atoms with Crippen LogP contribution in [0.15, 0.2) is 35.1 Å². The maximum absolute atomic E-state index is 13.8. The Morgan fingerprint density at radius 3 is 2.38 bits per heavy atom. The predicted octanol–water partition coefficient (Wildman–Crippen LogP) is -0.869. The minimum absolute atomic E-state index is 0.0817. The van der Waals surface area contributed by atoms with Gasteiger partial charge in [-0.1, -0.05) is 12.1 Å². The number of methoxy groups -OCH3 is 1. The zero-order valence-corrected chi connectivity index (χ0v) is 20.0. The van der Waals surface area contributed by atoms with Gasteiger partial charge in [-0.15, -0.1) is 0 Å². The summed E-state index contributed by atoms with van der Waals surface area (Å²) in [5, 5.41) is 55.7. The van der Waals surface area contributed by atoms with Crippen molar-refractivity contribution in [2.45, 2.75) is 17.7 Å². The largest absolute Gasteiger partial charge is 0.508 e. The van der Waals surface area contributed by atoms with Crippen LogP contribution in [0.1, 0.15) is 16.7 Å². The molecule has 1 fully saturated rings.